The molecule has 2 rings (SSSR count). The van der Waals surface area contributed by atoms with E-state index in [1.165, 1.54) is 5.56 Å². The fourth-order valence-electron chi connectivity index (χ4n) is 1.94. The highest BCUT2D eigenvalue weighted by Gasteiger charge is 2.10. The summed E-state index contributed by atoms with van der Waals surface area (Å²) in [6.45, 7) is 6.27. The molecule has 0 unspecified atom stereocenters. The molecule has 0 bridgehead atoms. The second-order valence-corrected chi connectivity index (χ2v) is 4.88. The molecule has 4 nitrogen and oxygen atoms in total. The number of nitrogens with zero attached hydrogens (tertiary/aromatic N) is 2. The lowest BCUT2D eigenvalue weighted by Crippen LogP contribution is -2.01. The number of hydrogen-bond acceptors (Lipinski definition) is 3. The number of anilines is 3. The standard InChI is InChI=1S/C14H20N4/c1-9(2)11-6-5-7-12(8-11)16-14-13(15)10(3)17-18(14)4/h5-9,16H,15H2,1-4H3. The first kappa shape index (κ1) is 12.5. The van der Waals surface area contributed by atoms with Gasteiger partial charge in [0.25, 0.3) is 0 Å². The molecule has 0 saturated heterocycles. The molecule has 2 aromatic rings. The highest BCUT2D eigenvalue weighted by Crippen LogP contribution is 2.26. The summed E-state index contributed by atoms with van der Waals surface area (Å²) in [6, 6.07) is 8.37. The molecule has 0 atom stereocenters. The fourth-order valence-corrected chi connectivity index (χ4v) is 1.94. The van der Waals surface area contributed by atoms with Crippen molar-refractivity contribution in [3.63, 3.8) is 0 Å². The van der Waals surface area contributed by atoms with E-state index in [0.29, 0.717) is 11.6 Å². The lowest BCUT2D eigenvalue weighted by Gasteiger charge is -2.11. The molecule has 0 fully saturated rings. The summed E-state index contributed by atoms with van der Waals surface area (Å²) in [5.74, 6) is 1.35. The average molecular weight is 244 g/mol. The molecule has 1 aromatic heterocycles. The summed E-state index contributed by atoms with van der Waals surface area (Å²) in [6.07, 6.45) is 0. The minimum absolute atomic E-state index is 0.511. The second kappa shape index (κ2) is 4.72. The molecule has 4 heteroatoms. The third-order valence-corrected chi connectivity index (χ3v) is 3.08. The van der Waals surface area contributed by atoms with Crippen LogP contribution in [-0.2, 0) is 7.05 Å². The number of rotatable bonds is 3. The van der Waals surface area contributed by atoms with Gasteiger partial charge in [-0.1, -0.05) is 26.0 Å². The van der Waals surface area contributed by atoms with Crippen molar-refractivity contribution < 1.29 is 0 Å². The highest BCUT2D eigenvalue weighted by molar-refractivity contribution is 5.71. The van der Waals surface area contributed by atoms with Crippen LogP contribution >= 0.6 is 0 Å². The first-order valence-corrected chi connectivity index (χ1v) is 6.15. The van der Waals surface area contributed by atoms with Crippen molar-refractivity contribution in [1.29, 1.82) is 0 Å². The quantitative estimate of drug-likeness (QED) is 0.872. The molecule has 3 N–H and O–H groups in total. The molecular formula is C14H20N4. The van der Waals surface area contributed by atoms with Crippen LogP contribution in [0.3, 0.4) is 0 Å². The molecule has 0 radical (unpaired) electrons. The largest absolute Gasteiger partial charge is 0.394 e. The Morgan fingerprint density at radius 2 is 2.06 bits per heavy atom. The van der Waals surface area contributed by atoms with Crippen molar-refractivity contribution in [3.8, 4) is 0 Å². The zero-order valence-corrected chi connectivity index (χ0v) is 11.4. The average Bonchev–Trinajstić information content (AvgIpc) is 2.56. The van der Waals surface area contributed by atoms with Crippen LogP contribution in [0.4, 0.5) is 17.2 Å². The third-order valence-electron chi connectivity index (χ3n) is 3.08. The molecule has 0 amide bonds. The lowest BCUT2D eigenvalue weighted by molar-refractivity contribution is 0.765. The minimum atomic E-state index is 0.511. The van der Waals surface area contributed by atoms with Gasteiger partial charge in [0.15, 0.2) is 5.82 Å². The summed E-state index contributed by atoms with van der Waals surface area (Å²) >= 11 is 0. The summed E-state index contributed by atoms with van der Waals surface area (Å²) in [5, 5.41) is 7.63. The van der Waals surface area contributed by atoms with E-state index in [4.69, 9.17) is 5.73 Å². The van der Waals surface area contributed by atoms with Crippen molar-refractivity contribution in [1.82, 2.24) is 9.78 Å². The number of benzene rings is 1. The monoisotopic (exact) mass is 244 g/mol. The van der Waals surface area contributed by atoms with E-state index in [1.807, 2.05) is 20.0 Å². The Morgan fingerprint density at radius 1 is 1.33 bits per heavy atom. The number of nitrogens with one attached hydrogen (secondary N) is 1. The Hall–Kier alpha value is -1.97. The van der Waals surface area contributed by atoms with Gasteiger partial charge in [-0.15, -0.1) is 0 Å². The predicted octanol–water partition coefficient (Wildman–Crippen LogP) is 3.18. The van der Waals surface area contributed by atoms with Gasteiger partial charge in [-0.25, -0.2) is 0 Å². The Balaban J connectivity index is 2.31. The first-order chi connectivity index (χ1) is 8.49. The van der Waals surface area contributed by atoms with E-state index in [-0.39, 0.29) is 0 Å². The maximum absolute atomic E-state index is 6.00. The number of nitrogen functional groups attached to an aromatic ring is 1. The van der Waals surface area contributed by atoms with Crippen LogP contribution in [0.15, 0.2) is 24.3 Å². The summed E-state index contributed by atoms with van der Waals surface area (Å²) in [4.78, 5) is 0. The van der Waals surface area contributed by atoms with Gasteiger partial charge in [0, 0.05) is 12.7 Å². The van der Waals surface area contributed by atoms with Gasteiger partial charge in [0.2, 0.25) is 0 Å². The van der Waals surface area contributed by atoms with Crippen molar-refractivity contribution in [3.05, 3.63) is 35.5 Å². The maximum Gasteiger partial charge on any atom is 0.152 e. The van der Waals surface area contributed by atoms with Crippen LogP contribution in [0.5, 0.6) is 0 Å². The van der Waals surface area contributed by atoms with E-state index >= 15 is 0 Å². The van der Waals surface area contributed by atoms with Crippen molar-refractivity contribution >= 4 is 17.2 Å². The van der Waals surface area contributed by atoms with Crippen LogP contribution in [0.2, 0.25) is 0 Å². The molecule has 18 heavy (non-hydrogen) atoms. The van der Waals surface area contributed by atoms with E-state index in [0.717, 1.165) is 17.2 Å². The van der Waals surface area contributed by atoms with Gasteiger partial charge in [0.05, 0.1) is 11.4 Å². The van der Waals surface area contributed by atoms with Crippen LogP contribution in [0, 0.1) is 6.92 Å². The summed E-state index contributed by atoms with van der Waals surface area (Å²) in [5.41, 5.74) is 9.89. The molecule has 0 spiro atoms. The van der Waals surface area contributed by atoms with Crippen LogP contribution < -0.4 is 11.1 Å². The molecule has 0 aliphatic rings. The van der Waals surface area contributed by atoms with Gasteiger partial charge in [-0.05, 0) is 30.5 Å². The Bertz CT molecular complexity index is 555. The molecule has 1 aromatic carbocycles. The van der Waals surface area contributed by atoms with E-state index < -0.39 is 0 Å². The van der Waals surface area contributed by atoms with Gasteiger partial charge >= 0.3 is 0 Å². The number of aryl methyl sites for hydroxylation is 2. The zero-order chi connectivity index (χ0) is 13.3. The Morgan fingerprint density at radius 3 is 2.61 bits per heavy atom. The van der Waals surface area contributed by atoms with E-state index in [1.54, 1.807) is 4.68 Å². The molecule has 0 aliphatic carbocycles. The fraction of sp³-hybridized carbons (Fsp3) is 0.357. The molecule has 0 aliphatic heterocycles. The normalized spacial score (nSPS) is 10.9. The first-order valence-electron chi connectivity index (χ1n) is 6.15. The summed E-state index contributed by atoms with van der Waals surface area (Å²) in [7, 11) is 1.89. The smallest absolute Gasteiger partial charge is 0.152 e. The molecular weight excluding hydrogens is 224 g/mol. The van der Waals surface area contributed by atoms with Crippen LogP contribution in [-0.4, -0.2) is 9.78 Å². The topological polar surface area (TPSA) is 55.9 Å². The molecule has 96 valence electrons. The number of hydrogen-bond donors (Lipinski definition) is 2. The second-order valence-electron chi connectivity index (χ2n) is 4.88. The number of nitrogens with two attached hydrogens (primary N) is 1. The SMILES string of the molecule is Cc1nn(C)c(Nc2cccc(C(C)C)c2)c1N. The molecule has 0 saturated carbocycles. The Kier molecular flexibility index (Phi) is 3.28. The molecule has 1 heterocycles. The third kappa shape index (κ3) is 2.32. The van der Waals surface area contributed by atoms with E-state index in [2.05, 4.69) is 42.5 Å². The van der Waals surface area contributed by atoms with Gasteiger partial charge in [-0.2, -0.15) is 5.10 Å². The number of aromatic nitrogens is 2. The lowest BCUT2D eigenvalue weighted by atomic mass is 10.0. The maximum atomic E-state index is 6.00. The summed E-state index contributed by atoms with van der Waals surface area (Å²) < 4.78 is 1.77. The van der Waals surface area contributed by atoms with Crippen molar-refractivity contribution in [2.45, 2.75) is 26.7 Å². The Labute approximate surface area is 108 Å². The zero-order valence-electron chi connectivity index (χ0n) is 11.4. The van der Waals surface area contributed by atoms with Crippen molar-refractivity contribution in [2.75, 3.05) is 11.1 Å². The van der Waals surface area contributed by atoms with E-state index in [9.17, 15) is 0 Å². The minimum Gasteiger partial charge on any atom is -0.394 e. The van der Waals surface area contributed by atoms with Crippen molar-refractivity contribution in [2.24, 2.45) is 7.05 Å². The predicted molar refractivity (Wildman–Crippen MR) is 76.2 cm³/mol. The van der Waals surface area contributed by atoms with Crippen LogP contribution in [0.25, 0.3) is 0 Å². The van der Waals surface area contributed by atoms with Gasteiger partial charge in [-0.3, -0.25) is 4.68 Å². The van der Waals surface area contributed by atoms with Gasteiger partial charge in [0.1, 0.15) is 0 Å². The van der Waals surface area contributed by atoms with Crippen LogP contribution in [0.1, 0.15) is 31.0 Å². The highest BCUT2D eigenvalue weighted by atomic mass is 15.3. The van der Waals surface area contributed by atoms with Gasteiger partial charge < -0.3 is 11.1 Å².